The van der Waals surface area contributed by atoms with E-state index in [4.69, 9.17) is 25.5 Å². The molecule has 3 aromatic rings. The van der Waals surface area contributed by atoms with Gasteiger partial charge < -0.3 is 18.8 Å². The van der Waals surface area contributed by atoms with Gasteiger partial charge in [0.25, 0.3) is 5.91 Å². The topological polar surface area (TPSA) is 69.0 Å². The maximum atomic E-state index is 13.8. The van der Waals surface area contributed by atoms with Gasteiger partial charge in [-0.3, -0.25) is 9.59 Å². The molecule has 0 fully saturated rings. The van der Waals surface area contributed by atoms with Gasteiger partial charge in [0.15, 0.2) is 5.43 Å². The van der Waals surface area contributed by atoms with Gasteiger partial charge in [-0.2, -0.15) is 0 Å². The van der Waals surface area contributed by atoms with E-state index in [2.05, 4.69) is 6.92 Å². The third-order valence-electron chi connectivity index (χ3n) is 6.43. The first-order valence-corrected chi connectivity index (χ1v) is 13.1. The molecule has 0 saturated heterocycles. The van der Waals surface area contributed by atoms with Crippen LogP contribution in [0.3, 0.4) is 0 Å². The monoisotopic (exact) mass is 511 g/mol. The average molecular weight is 512 g/mol. The molecule has 4 rings (SSSR count). The Kier molecular flexibility index (Phi) is 8.37. The quantitative estimate of drug-likeness (QED) is 0.268. The zero-order valence-electron chi connectivity index (χ0n) is 21.4. The zero-order valence-corrected chi connectivity index (χ0v) is 22.2. The Morgan fingerprint density at radius 2 is 1.89 bits per heavy atom. The largest absolute Gasteiger partial charge is 0.494 e. The molecule has 6 nitrogen and oxygen atoms in total. The molecule has 0 aliphatic carbocycles. The molecule has 1 unspecified atom stereocenters. The molecule has 1 aromatic heterocycles. The first kappa shape index (κ1) is 26.2. The lowest BCUT2D eigenvalue weighted by atomic mass is 9.98. The summed E-state index contributed by atoms with van der Waals surface area (Å²) in [5.41, 5.74) is 2.07. The highest BCUT2D eigenvalue weighted by Gasteiger charge is 2.42. The number of aryl methyl sites for hydroxylation is 1. The summed E-state index contributed by atoms with van der Waals surface area (Å²) >= 11 is 6.33. The second-order valence-electron chi connectivity index (χ2n) is 9.57. The van der Waals surface area contributed by atoms with Crippen LogP contribution in [-0.4, -0.2) is 36.7 Å². The lowest BCUT2D eigenvalue weighted by Gasteiger charge is -2.25. The van der Waals surface area contributed by atoms with Crippen molar-refractivity contribution in [3.05, 3.63) is 74.1 Å². The van der Waals surface area contributed by atoms with E-state index < -0.39 is 6.04 Å². The molecule has 0 saturated carbocycles. The Morgan fingerprint density at radius 3 is 2.64 bits per heavy atom. The number of ether oxygens (including phenoxy) is 2. The Bertz CT molecular complexity index is 1300. The van der Waals surface area contributed by atoms with Gasteiger partial charge in [0.05, 0.1) is 29.7 Å². The molecule has 2 aromatic carbocycles. The third kappa shape index (κ3) is 5.45. The number of amides is 1. The van der Waals surface area contributed by atoms with E-state index >= 15 is 0 Å². The molecule has 1 atom stereocenters. The smallest absolute Gasteiger partial charge is 0.290 e. The van der Waals surface area contributed by atoms with E-state index in [0.717, 1.165) is 36.1 Å². The number of hydrogen-bond donors (Lipinski definition) is 0. The minimum absolute atomic E-state index is 0.0956. The highest BCUT2D eigenvalue weighted by atomic mass is 35.5. The third-order valence-corrected chi connectivity index (χ3v) is 6.84. The van der Waals surface area contributed by atoms with Crippen LogP contribution in [0.5, 0.6) is 5.75 Å². The van der Waals surface area contributed by atoms with Crippen LogP contribution >= 0.6 is 11.6 Å². The lowest BCUT2D eigenvalue weighted by Crippen LogP contribution is -2.31. The van der Waals surface area contributed by atoms with Gasteiger partial charge in [-0.1, -0.05) is 43.5 Å². The van der Waals surface area contributed by atoms with E-state index in [9.17, 15) is 9.59 Å². The molecule has 0 radical (unpaired) electrons. The summed E-state index contributed by atoms with van der Waals surface area (Å²) < 4.78 is 17.7. The molecule has 36 heavy (non-hydrogen) atoms. The Balaban J connectivity index is 1.76. The number of rotatable bonds is 11. The summed E-state index contributed by atoms with van der Waals surface area (Å²) in [6.45, 7) is 9.52. The van der Waals surface area contributed by atoms with Crippen molar-refractivity contribution in [1.29, 1.82) is 0 Å². The van der Waals surface area contributed by atoms with E-state index in [1.807, 2.05) is 45.0 Å². The first-order valence-electron chi connectivity index (χ1n) is 12.7. The molecule has 7 heteroatoms. The highest BCUT2D eigenvalue weighted by Crippen LogP contribution is 2.39. The number of nitrogens with zero attached hydrogens (tertiary/aromatic N) is 1. The summed E-state index contributed by atoms with van der Waals surface area (Å²) in [5.74, 6) is 0.523. The number of carbonyl (C=O) groups excluding carboxylic acids is 1. The number of halogens is 1. The molecule has 0 bridgehead atoms. The van der Waals surface area contributed by atoms with Crippen LogP contribution in [0.2, 0.25) is 5.02 Å². The van der Waals surface area contributed by atoms with Crippen molar-refractivity contribution in [3.63, 3.8) is 0 Å². The molecule has 1 aliphatic rings. The average Bonchev–Trinajstić information content (AvgIpc) is 3.13. The highest BCUT2D eigenvalue weighted by molar-refractivity contribution is 6.32. The summed E-state index contributed by atoms with van der Waals surface area (Å²) in [7, 11) is 0. The maximum Gasteiger partial charge on any atom is 0.290 e. The van der Waals surface area contributed by atoms with Crippen molar-refractivity contribution < 1.29 is 18.7 Å². The first-order chi connectivity index (χ1) is 17.3. The van der Waals surface area contributed by atoms with E-state index in [0.29, 0.717) is 47.7 Å². The van der Waals surface area contributed by atoms with Gasteiger partial charge in [0, 0.05) is 18.2 Å². The molecule has 192 valence electrons. The normalized spacial score (nSPS) is 15.2. The second-order valence-corrected chi connectivity index (χ2v) is 9.98. The molecule has 1 aliphatic heterocycles. The molecule has 1 amide bonds. The molecule has 2 heterocycles. The fraction of sp³-hybridized carbons (Fsp3) is 0.448. The van der Waals surface area contributed by atoms with Crippen molar-refractivity contribution >= 4 is 28.5 Å². The van der Waals surface area contributed by atoms with Crippen LogP contribution in [0, 0.1) is 6.92 Å². The number of unbranched alkanes of at least 4 members (excludes halogenated alkanes) is 2. The van der Waals surface area contributed by atoms with E-state index in [1.165, 1.54) is 0 Å². The van der Waals surface area contributed by atoms with Crippen molar-refractivity contribution in [1.82, 2.24) is 4.90 Å². The second kappa shape index (κ2) is 11.5. The number of benzene rings is 2. The Hall–Kier alpha value is -2.83. The maximum absolute atomic E-state index is 13.8. The van der Waals surface area contributed by atoms with E-state index in [1.54, 1.807) is 17.0 Å². The number of hydrogen-bond acceptors (Lipinski definition) is 5. The summed E-state index contributed by atoms with van der Waals surface area (Å²) in [4.78, 5) is 29.0. The minimum Gasteiger partial charge on any atom is -0.494 e. The van der Waals surface area contributed by atoms with E-state index in [-0.39, 0.29) is 23.2 Å². The Labute approximate surface area is 217 Å². The fourth-order valence-electron chi connectivity index (χ4n) is 4.59. The van der Waals surface area contributed by atoms with Crippen molar-refractivity contribution in [2.45, 2.75) is 65.5 Å². The SMILES string of the molecule is CCCCCOc1cccc(C2c3c(oc4cc(C)c(Cl)cc4c3=O)C(=O)N2CCCOC(C)C)c1. The summed E-state index contributed by atoms with van der Waals surface area (Å²) in [5, 5.41) is 0.861. The number of carbonyl (C=O) groups is 1. The minimum atomic E-state index is -0.577. The Morgan fingerprint density at radius 1 is 1.08 bits per heavy atom. The lowest BCUT2D eigenvalue weighted by molar-refractivity contribution is 0.0593. The molecule has 0 spiro atoms. The van der Waals surface area contributed by atoms with Gasteiger partial charge in [0.1, 0.15) is 11.3 Å². The van der Waals surface area contributed by atoms with Gasteiger partial charge in [0.2, 0.25) is 5.76 Å². The van der Waals surface area contributed by atoms with Crippen LogP contribution < -0.4 is 10.2 Å². The number of fused-ring (bicyclic) bond motifs is 2. The van der Waals surface area contributed by atoms with Crippen LogP contribution in [-0.2, 0) is 4.74 Å². The van der Waals surface area contributed by atoms with Gasteiger partial charge >= 0.3 is 0 Å². The van der Waals surface area contributed by atoms with Gasteiger partial charge in [-0.05, 0) is 69.0 Å². The van der Waals surface area contributed by atoms with Crippen LogP contribution in [0.25, 0.3) is 11.0 Å². The van der Waals surface area contributed by atoms with Crippen molar-refractivity contribution in [2.24, 2.45) is 0 Å². The van der Waals surface area contributed by atoms with Crippen LogP contribution in [0.15, 0.2) is 45.6 Å². The van der Waals surface area contributed by atoms with Gasteiger partial charge in [-0.15, -0.1) is 0 Å². The van der Waals surface area contributed by atoms with Gasteiger partial charge in [-0.25, -0.2) is 0 Å². The molecular weight excluding hydrogens is 478 g/mol. The molecule has 0 N–H and O–H groups in total. The van der Waals surface area contributed by atoms with Crippen molar-refractivity contribution in [3.8, 4) is 5.75 Å². The summed E-state index contributed by atoms with van der Waals surface area (Å²) in [6.07, 6.45) is 3.94. The standard InChI is InChI=1S/C29H34ClNO5/c1-5-6-7-13-35-21-11-8-10-20(16-21)26-25-27(32)22-17-23(30)19(4)15-24(22)36-28(25)29(33)31(26)12-9-14-34-18(2)3/h8,10-11,15-18,26H,5-7,9,12-14H2,1-4H3. The van der Waals surface area contributed by atoms with Crippen LogP contribution in [0.4, 0.5) is 0 Å². The zero-order chi connectivity index (χ0) is 25.8. The summed E-state index contributed by atoms with van der Waals surface area (Å²) in [6, 6.07) is 10.4. The predicted octanol–water partition coefficient (Wildman–Crippen LogP) is 6.68. The van der Waals surface area contributed by atoms with Crippen molar-refractivity contribution in [2.75, 3.05) is 19.8 Å². The fourth-order valence-corrected chi connectivity index (χ4v) is 4.75. The predicted molar refractivity (Wildman–Crippen MR) is 142 cm³/mol. The molecular formula is C29H34ClNO5. The van der Waals surface area contributed by atoms with Crippen LogP contribution in [0.1, 0.15) is 79.7 Å².